The Balaban J connectivity index is 2.12. The summed E-state index contributed by atoms with van der Waals surface area (Å²) in [6.07, 6.45) is 4.24. The van der Waals surface area contributed by atoms with Gasteiger partial charge in [-0.25, -0.2) is 9.18 Å². The lowest BCUT2D eigenvalue weighted by Crippen LogP contribution is -2.35. The molecule has 2 atom stereocenters. The second-order valence-corrected chi connectivity index (χ2v) is 6.61. The third-order valence-electron chi connectivity index (χ3n) is 5.03. The van der Waals surface area contributed by atoms with E-state index in [-0.39, 0.29) is 5.82 Å². The van der Waals surface area contributed by atoms with Crippen molar-refractivity contribution >= 4 is 16.9 Å². The molecule has 0 saturated heterocycles. The van der Waals surface area contributed by atoms with Crippen LogP contribution in [0.5, 0.6) is 0 Å². The number of fused-ring (bicyclic) bond motifs is 3. The molecule has 5 heteroatoms. The van der Waals surface area contributed by atoms with E-state index >= 15 is 0 Å². The molecule has 3 rings (SSSR count). The highest BCUT2D eigenvalue weighted by Gasteiger charge is 2.30. The Morgan fingerprint density at radius 1 is 1.46 bits per heavy atom. The summed E-state index contributed by atoms with van der Waals surface area (Å²) in [5.74, 6) is -1.10. The maximum absolute atomic E-state index is 13.8. The molecule has 4 nitrogen and oxygen atoms in total. The zero-order valence-corrected chi connectivity index (χ0v) is 14.3. The van der Waals surface area contributed by atoms with Crippen molar-refractivity contribution in [3.63, 3.8) is 0 Å². The van der Waals surface area contributed by atoms with Gasteiger partial charge in [0.25, 0.3) is 0 Å². The number of carbonyl (C=O) groups is 1. The fourth-order valence-electron chi connectivity index (χ4n) is 3.91. The summed E-state index contributed by atoms with van der Waals surface area (Å²) < 4.78 is 15.7. The summed E-state index contributed by atoms with van der Waals surface area (Å²) in [6, 6.07) is 4.49. The first kappa shape index (κ1) is 17.0. The summed E-state index contributed by atoms with van der Waals surface area (Å²) in [4.78, 5) is 11.7. The molecule has 2 unspecified atom stereocenters. The van der Waals surface area contributed by atoms with E-state index < -0.39 is 12.0 Å². The number of carboxylic acids is 1. The Labute approximate surface area is 141 Å². The van der Waals surface area contributed by atoms with Crippen LogP contribution in [0.25, 0.3) is 10.9 Å². The number of nitrogens with one attached hydrogen (secondary N) is 1. The first-order valence-electron chi connectivity index (χ1n) is 8.84. The van der Waals surface area contributed by atoms with E-state index in [0.29, 0.717) is 12.5 Å². The van der Waals surface area contributed by atoms with Crippen molar-refractivity contribution in [1.29, 1.82) is 0 Å². The summed E-state index contributed by atoms with van der Waals surface area (Å²) in [5, 5.41) is 14.0. The summed E-state index contributed by atoms with van der Waals surface area (Å²) >= 11 is 0. The second kappa shape index (κ2) is 6.93. The largest absolute Gasteiger partial charge is 0.480 e. The molecular formula is C19H25FN2O2. The van der Waals surface area contributed by atoms with Crippen LogP contribution >= 0.6 is 0 Å². The van der Waals surface area contributed by atoms with Crippen LogP contribution in [-0.4, -0.2) is 28.2 Å². The summed E-state index contributed by atoms with van der Waals surface area (Å²) in [7, 11) is 0. The van der Waals surface area contributed by atoms with Crippen molar-refractivity contribution < 1.29 is 14.3 Å². The minimum atomic E-state index is -0.826. The van der Waals surface area contributed by atoms with Gasteiger partial charge in [0.05, 0.1) is 0 Å². The Morgan fingerprint density at radius 2 is 2.25 bits per heavy atom. The zero-order valence-electron chi connectivity index (χ0n) is 14.3. The highest BCUT2D eigenvalue weighted by atomic mass is 19.1. The Morgan fingerprint density at radius 3 is 2.92 bits per heavy atom. The van der Waals surface area contributed by atoms with Gasteiger partial charge in [-0.15, -0.1) is 0 Å². The molecule has 1 aromatic carbocycles. The maximum atomic E-state index is 13.8. The molecule has 0 amide bonds. The van der Waals surface area contributed by atoms with Gasteiger partial charge in [-0.3, -0.25) is 0 Å². The zero-order chi connectivity index (χ0) is 17.3. The molecule has 1 heterocycles. The van der Waals surface area contributed by atoms with Gasteiger partial charge in [0.1, 0.15) is 11.9 Å². The minimum Gasteiger partial charge on any atom is -0.480 e. The average molecular weight is 332 g/mol. The van der Waals surface area contributed by atoms with E-state index in [1.807, 2.05) is 11.5 Å². The van der Waals surface area contributed by atoms with Gasteiger partial charge in [-0.1, -0.05) is 13.8 Å². The maximum Gasteiger partial charge on any atom is 0.326 e. The molecule has 1 aliphatic rings. The minimum absolute atomic E-state index is 0.269. The van der Waals surface area contributed by atoms with Crippen LogP contribution in [0.4, 0.5) is 4.39 Å². The standard InChI is InChI=1S/C19H25FN2O2/c1-3-9-21-13-6-8-18-15(11-13)14-10-12(20)5-7-17(14)22(18)16(4-2)19(23)24/h5,7,10,13,16,21H,3-4,6,8-9,11H2,1-2H3,(H,23,24). The van der Waals surface area contributed by atoms with Gasteiger partial charge in [0.2, 0.25) is 0 Å². The molecule has 2 N–H and O–H groups in total. The molecule has 130 valence electrons. The molecule has 0 saturated carbocycles. The van der Waals surface area contributed by atoms with Gasteiger partial charge < -0.3 is 15.0 Å². The molecule has 1 aliphatic carbocycles. The number of hydrogen-bond donors (Lipinski definition) is 2. The first-order chi connectivity index (χ1) is 11.6. The van der Waals surface area contributed by atoms with Crippen LogP contribution in [-0.2, 0) is 17.6 Å². The molecule has 0 bridgehead atoms. The highest BCUT2D eigenvalue weighted by Crippen LogP contribution is 2.36. The van der Waals surface area contributed by atoms with E-state index in [4.69, 9.17) is 0 Å². The van der Waals surface area contributed by atoms with E-state index in [1.54, 1.807) is 12.1 Å². The van der Waals surface area contributed by atoms with Gasteiger partial charge >= 0.3 is 5.97 Å². The number of benzene rings is 1. The number of nitrogens with zero attached hydrogens (tertiary/aromatic N) is 1. The molecule has 0 spiro atoms. The third kappa shape index (κ3) is 2.93. The molecule has 1 aromatic heterocycles. The van der Waals surface area contributed by atoms with Crippen molar-refractivity contribution in [3.8, 4) is 0 Å². The van der Waals surface area contributed by atoms with Gasteiger partial charge in [0, 0.05) is 22.6 Å². The van der Waals surface area contributed by atoms with Crippen molar-refractivity contribution in [3.05, 3.63) is 35.3 Å². The fraction of sp³-hybridized carbons (Fsp3) is 0.526. The Kier molecular flexibility index (Phi) is 4.90. The molecule has 2 aromatic rings. The lowest BCUT2D eigenvalue weighted by atomic mass is 9.91. The fourth-order valence-corrected chi connectivity index (χ4v) is 3.91. The summed E-state index contributed by atoms with van der Waals surface area (Å²) in [5.41, 5.74) is 3.02. The monoisotopic (exact) mass is 332 g/mol. The van der Waals surface area contributed by atoms with E-state index in [0.717, 1.165) is 54.4 Å². The number of aliphatic carboxylic acids is 1. The van der Waals surface area contributed by atoms with Gasteiger partial charge in [-0.2, -0.15) is 0 Å². The Bertz CT molecular complexity index is 753. The number of rotatable bonds is 6. The lowest BCUT2D eigenvalue weighted by molar-refractivity contribution is -0.140. The smallest absolute Gasteiger partial charge is 0.326 e. The van der Waals surface area contributed by atoms with E-state index in [2.05, 4.69) is 12.2 Å². The first-order valence-corrected chi connectivity index (χ1v) is 8.84. The van der Waals surface area contributed by atoms with E-state index in [1.165, 1.54) is 6.07 Å². The van der Waals surface area contributed by atoms with Crippen molar-refractivity contribution in [2.75, 3.05) is 6.54 Å². The van der Waals surface area contributed by atoms with Crippen LogP contribution in [0.2, 0.25) is 0 Å². The second-order valence-electron chi connectivity index (χ2n) is 6.61. The van der Waals surface area contributed by atoms with Gasteiger partial charge in [-0.05, 0) is 62.4 Å². The number of carboxylic acid groups (broad SMARTS) is 1. The van der Waals surface area contributed by atoms with Crippen LogP contribution in [0.3, 0.4) is 0 Å². The SMILES string of the molecule is CCCNC1CCc2c(c3cc(F)ccc3n2C(CC)C(=O)O)C1. The predicted octanol–water partition coefficient (Wildman–Crippen LogP) is 3.67. The quantitative estimate of drug-likeness (QED) is 0.848. The third-order valence-corrected chi connectivity index (χ3v) is 5.03. The number of aromatic nitrogens is 1. The lowest BCUT2D eigenvalue weighted by Gasteiger charge is -2.26. The van der Waals surface area contributed by atoms with Crippen LogP contribution in [0.1, 0.15) is 50.4 Å². The van der Waals surface area contributed by atoms with Crippen molar-refractivity contribution in [2.45, 2.75) is 58.0 Å². The topological polar surface area (TPSA) is 54.3 Å². The van der Waals surface area contributed by atoms with Crippen LogP contribution in [0.15, 0.2) is 18.2 Å². The number of halogens is 1. The summed E-state index contributed by atoms with van der Waals surface area (Å²) in [6.45, 7) is 5.00. The van der Waals surface area contributed by atoms with Crippen LogP contribution in [0, 0.1) is 5.82 Å². The average Bonchev–Trinajstić information content (AvgIpc) is 2.87. The Hall–Kier alpha value is -1.88. The van der Waals surface area contributed by atoms with Crippen molar-refractivity contribution in [2.24, 2.45) is 0 Å². The molecule has 0 fully saturated rings. The van der Waals surface area contributed by atoms with Crippen molar-refractivity contribution in [1.82, 2.24) is 9.88 Å². The molecule has 0 aliphatic heterocycles. The van der Waals surface area contributed by atoms with E-state index in [9.17, 15) is 14.3 Å². The predicted molar refractivity (Wildman–Crippen MR) is 93.0 cm³/mol. The van der Waals surface area contributed by atoms with Crippen LogP contribution < -0.4 is 5.32 Å². The normalized spacial score (nSPS) is 18.5. The molecule has 0 radical (unpaired) electrons. The van der Waals surface area contributed by atoms with Gasteiger partial charge in [0.15, 0.2) is 0 Å². The number of hydrogen-bond acceptors (Lipinski definition) is 2. The molecule has 24 heavy (non-hydrogen) atoms. The molecular weight excluding hydrogens is 307 g/mol. The highest BCUT2D eigenvalue weighted by molar-refractivity contribution is 5.88.